The molecule has 3 aromatic rings. The first-order valence-electron chi connectivity index (χ1n) is 8.78. The Morgan fingerprint density at radius 1 is 1.26 bits per heavy atom. The maximum atomic E-state index is 12.3. The van der Waals surface area contributed by atoms with E-state index < -0.39 is 6.04 Å². The summed E-state index contributed by atoms with van der Waals surface area (Å²) in [7, 11) is 1.75. The third-order valence-electron chi connectivity index (χ3n) is 3.84. The van der Waals surface area contributed by atoms with Crippen molar-refractivity contribution in [2.75, 3.05) is 5.32 Å². The van der Waals surface area contributed by atoms with Gasteiger partial charge in [-0.15, -0.1) is 0 Å². The van der Waals surface area contributed by atoms with Crippen LogP contribution in [0.5, 0.6) is 0 Å². The van der Waals surface area contributed by atoms with Crippen molar-refractivity contribution in [3.63, 3.8) is 0 Å². The average Bonchev–Trinajstić information content (AvgIpc) is 3.22. The van der Waals surface area contributed by atoms with Gasteiger partial charge in [0, 0.05) is 25.7 Å². The molecule has 0 aliphatic carbocycles. The van der Waals surface area contributed by atoms with Crippen molar-refractivity contribution in [3.05, 3.63) is 42.2 Å². The molecule has 0 saturated heterocycles. The molecule has 0 unspecified atom stereocenters. The van der Waals surface area contributed by atoms with E-state index in [1.165, 1.54) is 0 Å². The van der Waals surface area contributed by atoms with Gasteiger partial charge in [-0.05, 0) is 25.0 Å². The van der Waals surface area contributed by atoms with E-state index in [0.29, 0.717) is 29.1 Å². The minimum atomic E-state index is -0.415. The van der Waals surface area contributed by atoms with Crippen molar-refractivity contribution in [1.29, 1.82) is 0 Å². The monoisotopic (exact) mass is 369 g/mol. The molecule has 2 amide bonds. The van der Waals surface area contributed by atoms with Gasteiger partial charge in [-0.1, -0.05) is 25.1 Å². The lowest BCUT2D eigenvalue weighted by Gasteiger charge is -2.10. The quantitative estimate of drug-likeness (QED) is 0.691. The summed E-state index contributed by atoms with van der Waals surface area (Å²) < 4.78 is 6.82. The molecule has 2 N–H and O–H groups in total. The van der Waals surface area contributed by atoms with E-state index in [4.69, 9.17) is 4.52 Å². The Morgan fingerprint density at radius 2 is 2.07 bits per heavy atom. The minimum Gasteiger partial charge on any atom is -0.337 e. The second kappa shape index (κ2) is 7.98. The lowest BCUT2D eigenvalue weighted by atomic mass is 10.1. The number of nitrogens with one attached hydrogen (secondary N) is 2. The summed E-state index contributed by atoms with van der Waals surface area (Å²) in [6, 6.07) is 6.54. The highest BCUT2D eigenvalue weighted by atomic mass is 16.5. The zero-order valence-corrected chi connectivity index (χ0v) is 15.8. The fourth-order valence-electron chi connectivity index (χ4n) is 2.53. The first-order chi connectivity index (χ1) is 12.9. The second-order valence-corrected chi connectivity index (χ2v) is 6.72. The van der Waals surface area contributed by atoms with Gasteiger partial charge < -0.3 is 9.84 Å². The van der Waals surface area contributed by atoms with Crippen molar-refractivity contribution in [2.24, 2.45) is 13.0 Å². The topological polar surface area (TPSA) is 111 Å². The predicted molar refractivity (Wildman–Crippen MR) is 99.8 cm³/mol. The van der Waals surface area contributed by atoms with Crippen LogP contribution in [0.15, 0.2) is 35.0 Å². The third kappa shape index (κ3) is 4.69. The van der Waals surface area contributed by atoms with Crippen LogP contribution in [0.3, 0.4) is 0 Å². The molecule has 9 heteroatoms. The van der Waals surface area contributed by atoms with Crippen LogP contribution >= 0.6 is 0 Å². The van der Waals surface area contributed by atoms with Crippen LogP contribution in [0.4, 0.5) is 10.6 Å². The molecule has 0 aromatic carbocycles. The summed E-state index contributed by atoms with van der Waals surface area (Å²) >= 11 is 0. The van der Waals surface area contributed by atoms with Crippen molar-refractivity contribution in [2.45, 2.75) is 33.2 Å². The van der Waals surface area contributed by atoms with Crippen molar-refractivity contribution in [3.8, 4) is 11.4 Å². The molecule has 1 atom stereocenters. The zero-order valence-electron chi connectivity index (χ0n) is 15.8. The maximum absolute atomic E-state index is 12.3. The minimum absolute atomic E-state index is 0.375. The molecule has 0 bridgehead atoms. The van der Waals surface area contributed by atoms with Gasteiger partial charge in [0.15, 0.2) is 5.82 Å². The Balaban J connectivity index is 1.62. The molecule has 3 heterocycles. The Morgan fingerprint density at radius 3 is 2.78 bits per heavy atom. The number of carbonyl (C=O) groups excluding carboxylic acids is 1. The number of aromatic nitrogens is 5. The Labute approximate surface area is 157 Å². The van der Waals surface area contributed by atoms with E-state index in [1.54, 1.807) is 30.9 Å². The van der Waals surface area contributed by atoms with E-state index in [0.717, 1.165) is 12.1 Å². The lowest BCUT2D eigenvalue weighted by molar-refractivity contribution is 0.245. The Kier molecular flexibility index (Phi) is 5.49. The number of hydrogen-bond donors (Lipinski definition) is 2. The molecule has 0 spiro atoms. The van der Waals surface area contributed by atoms with Gasteiger partial charge in [0.2, 0.25) is 5.89 Å². The number of amides is 2. The van der Waals surface area contributed by atoms with Gasteiger partial charge in [-0.25, -0.2) is 4.79 Å². The standard InChI is InChI=1S/C18H23N7O2/c1-11(2)9-15-21-17(27-24-15)12(3)20-18(26)22-16-10-14(23-25(16)4)13-7-5-6-8-19-13/h5-8,10-12H,9H2,1-4H3,(H2,20,22,26)/t12-/m1/s1. The molecule has 27 heavy (non-hydrogen) atoms. The number of pyridine rings is 1. The second-order valence-electron chi connectivity index (χ2n) is 6.72. The Bertz CT molecular complexity index is 902. The number of hydrogen-bond acceptors (Lipinski definition) is 6. The number of rotatable bonds is 6. The molecule has 142 valence electrons. The molecule has 0 aliphatic heterocycles. The molecule has 0 aliphatic rings. The molecule has 9 nitrogen and oxygen atoms in total. The third-order valence-corrected chi connectivity index (χ3v) is 3.84. The molecule has 0 radical (unpaired) electrons. The van der Waals surface area contributed by atoms with E-state index in [1.807, 2.05) is 18.2 Å². The average molecular weight is 369 g/mol. The highest BCUT2D eigenvalue weighted by Gasteiger charge is 2.18. The summed E-state index contributed by atoms with van der Waals surface area (Å²) in [5, 5.41) is 13.9. The van der Waals surface area contributed by atoms with Gasteiger partial charge in [0.25, 0.3) is 0 Å². The van der Waals surface area contributed by atoms with Crippen molar-refractivity contribution < 1.29 is 9.32 Å². The van der Waals surface area contributed by atoms with Crippen LogP contribution in [0, 0.1) is 5.92 Å². The van der Waals surface area contributed by atoms with E-state index >= 15 is 0 Å². The molecular weight excluding hydrogens is 346 g/mol. The largest absolute Gasteiger partial charge is 0.337 e. The van der Waals surface area contributed by atoms with E-state index in [-0.39, 0.29) is 6.03 Å². The van der Waals surface area contributed by atoms with Crippen molar-refractivity contribution in [1.82, 2.24) is 30.2 Å². The van der Waals surface area contributed by atoms with E-state index in [2.05, 4.69) is 44.7 Å². The summed E-state index contributed by atoms with van der Waals surface area (Å²) in [5.74, 6) is 1.99. The van der Waals surface area contributed by atoms with Gasteiger partial charge in [0.05, 0.1) is 5.69 Å². The lowest BCUT2D eigenvalue weighted by Crippen LogP contribution is -2.32. The fraction of sp³-hybridized carbons (Fsp3) is 0.389. The van der Waals surface area contributed by atoms with Crippen LogP contribution < -0.4 is 10.6 Å². The number of aryl methyl sites for hydroxylation is 1. The normalized spacial score (nSPS) is 12.2. The smallest absolute Gasteiger partial charge is 0.321 e. The van der Waals surface area contributed by atoms with E-state index in [9.17, 15) is 4.79 Å². The summed E-state index contributed by atoms with van der Waals surface area (Å²) in [6.45, 7) is 5.95. The SMILES string of the molecule is CC(C)Cc1noc([C@@H](C)NC(=O)Nc2cc(-c3ccccn3)nn2C)n1. The van der Waals surface area contributed by atoms with Gasteiger partial charge in [-0.2, -0.15) is 10.1 Å². The predicted octanol–water partition coefficient (Wildman–Crippen LogP) is 2.95. The summed E-state index contributed by atoms with van der Waals surface area (Å²) in [5.41, 5.74) is 1.41. The van der Waals surface area contributed by atoms with Gasteiger partial charge in [0.1, 0.15) is 17.6 Å². The molecule has 3 aromatic heterocycles. The first kappa shape index (κ1) is 18.6. The summed E-state index contributed by atoms with van der Waals surface area (Å²) in [4.78, 5) is 20.9. The zero-order chi connectivity index (χ0) is 19.4. The molecule has 0 saturated carbocycles. The molecular formula is C18H23N7O2. The van der Waals surface area contributed by atoms with Crippen molar-refractivity contribution >= 4 is 11.8 Å². The van der Waals surface area contributed by atoms with Crippen LogP contribution in [-0.4, -0.2) is 30.9 Å². The van der Waals surface area contributed by atoms with Gasteiger partial charge in [-0.3, -0.25) is 15.0 Å². The highest BCUT2D eigenvalue weighted by molar-refractivity contribution is 5.89. The number of carbonyl (C=O) groups is 1. The summed E-state index contributed by atoms with van der Waals surface area (Å²) in [6.07, 6.45) is 2.43. The number of urea groups is 1. The maximum Gasteiger partial charge on any atom is 0.321 e. The number of nitrogens with zero attached hydrogens (tertiary/aromatic N) is 5. The van der Waals surface area contributed by atoms with Crippen LogP contribution in [0.25, 0.3) is 11.4 Å². The van der Waals surface area contributed by atoms with Gasteiger partial charge >= 0.3 is 6.03 Å². The first-order valence-corrected chi connectivity index (χ1v) is 8.78. The molecule has 0 fully saturated rings. The van der Waals surface area contributed by atoms with Crippen LogP contribution in [0.2, 0.25) is 0 Å². The van der Waals surface area contributed by atoms with Crippen LogP contribution in [-0.2, 0) is 13.5 Å². The fourth-order valence-corrected chi connectivity index (χ4v) is 2.53. The van der Waals surface area contributed by atoms with Crippen LogP contribution in [0.1, 0.15) is 38.5 Å². The molecule has 3 rings (SSSR count). The Hall–Kier alpha value is -3.23. The number of anilines is 1. The highest BCUT2D eigenvalue weighted by Crippen LogP contribution is 2.19.